The van der Waals surface area contributed by atoms with Gasteiger partial charge in [0.1, 0.15) is 0 Å². The second-order valence-electron chi connectivity index (χ2n) is 6.01. The molecule has 0 saturated carbocycles. The summed E-state index contributed by atoms with van der Waals surface area (Å²) >= 11 is 5.97. The highest BCUT2D eigenvalue weighted by Gasteiger charge is 2.27. The van der Waals surface area contributed by atoms with Crippen LogP contribution in [0.3, 0.4) is 0 Å². The molecule has 0 bridgehead atoms. The molecule has 4 nitrogen and oxygen atoms in total. The second kappa shape index (κ2) is 9.26. The van der Waals surface area contributed by atoms with Crippen molar-refractivity contribution in [2.75, 3.05) is 32.8 Å². The van der Waals surface area contributed by atoms with E-state index in [1.807, 2.05) is 0 Å². The first-order valence-corrected chi connectivity index (χ1v) is 8.89. The van der Waals surface area contributed by atoms with Gasteiger partial charge in [-0.25, -0.2) is 0 Å². The van der Waals surface area contributed by atoms with Crippen LogP contribution in [-0.4, -0.2) is 49.7 Å². The highest BCUT2D eigenvalue weighted by molar-refractivity contribution is 6.30. The van der Waals surface area contributed by atoms with E-state index in [4.69, 9.17) is 16.3 Å². The first-order chi connectivity index (χ1) is 11.2. The van der Waals surface area contributed by atoms with Crippen molar-refractivity contribution in [1.29, 1.82) is 0 Å². The Morgan fingerprint density at radius 2 is 2.00 bits per heavy atom. The Labute approximate surface area is 144 Å². The summed E-state index contributed by atoms with van der Waals surface area (Å²) < 4.78 is 5.46. The second-order valence-corrected chi connectivity index (χ2v) is 6.45. The molecule has 0 spiro atoms. The van der Waals surface area contributed by atoms with Gasteiger partial charge < -0.3 is 10.1 Å². The largest absolute Gasteiger partial charge is 0.379 e. The molecule has 128 valence electrons. The molecular weight excluding hydrogens is 312 g/mol. The third kappa shape index (κ3) is 5.20. The molecule has 1 aliphatic rings. The molecule has 1 saturated heterocycles. The molecule has 1 aromatic carbocycles. The highest BCUT2D eigenvalue weighted by atomic mass is 35.5. The van der Waals surface area contributed by atoms with Crippen molar-refractivity contribution in [3.05, 3.63) is 34.9 Å². The van der Waals surface area contributed by atoms with E-state index in [0.717, 1.165) is 39.1 Å². The summed E-state index contributed by atoms with van der Waals surface area (Å²) in [6.45, 7) is 8.54. The van der Waals surface area contributed by atoms with Crippen molar-refractivity contribution in [2.45, 2.75) is 32.7 Å². The van der Waals surface area contributed by atoms with E-state index in [2.05, 4.69) is 24.1 Å². The Balaban J connectivity index is 2.00. The van der Waals surface area contributed by atoms with Gasteiger partial charge in [0, 0.05) is 36.3 Å². The zero-order chi connectivity index (χ0) is 16.7. The molecule has 1 N–H and O–H groups in total. The van der Waals surface area contributed by atoms with Gasteiger partial charge in [0.15, 0.2) is 0 Å². The van der Waals surface area contributed by atoms with Crippen molar-refractivity contribution >= 4 is 17.5 Å². The number of amides is 1. The Morgan fingerprint density at radius 1 is 1.30 bits per heavy atom. The maximum atomic E-state index is 12.4. The van der Waals surface area contributed by atoms with Gasteiger partial charge in [-0.3, -0.25) is 9.69 Å². The number of rotatable bonds is 7. The Kier molecular flexibility index (Phi) is 7.34. The summed E-state index contributed by atoms with van der Waals surface area (Å²) in [6.07, 6.45) is 2.23. The third-order valence-corrected chi connectivity index (χ3v) is 4.90. The van der Waals surface area contributed by atoms with Crippen LogP contribution in [0.15, 0.2) is 24.3 Å². The van der Waals surface area contributed by atoms with Gasteiger partial charge in [-0.05, 0) is 24.1 Å². The number of ether oxygens (including phenoxy) is 1. The quantitative estimate of drug-likeness (QED) is 0.830. The summed E-state index contributed by atoms with van der Waals surface area (Å²) in [5.74, 6) is 0.518. The number of carbonyl (C=O) groups is 1. The topological polar surface area (TPSA) is 41.6 Å². The summed E-state index contributed by atoms with van der Waals surface area (Å²) in [5.41, 5.74) is 0.614. The minimum absolute atomic E-state index is 0.0586. The molecule has 1 aromatic rings. The number of nitrogens with zero attached hydrogens (tertiary/aromatic N) is 1. The SMILES string of the molecule is CCC(CC)C(CNC(=O)c1cccc(Cl)c1)N1CCOCC1. The number of hydrogen-bond acceptors (Lipinski definition) is 3. The fraction of sp³-hybridized carbons (Fsp3) is 0.611. The summed E-state index contributed by atoms with van der Waals surface area (Å²) in [4.78, 5) is 14.8. The minimum Gasteiger partial charge on any atom is -0.379 e. The van der Waals surface area contributed by atoms with Gasteiger partial charge in [0.05, 0.1) is 13.2 Å². The number of hydrogen-bond donors (Lipinski definition) is 1. The number of carbonyl (C=O) groups excluding carboxylic acids is 1. The molecule has 2 rings (SSSR count). The maximum Gasteiger partial charge on any atom is 0.251 e. The predicted octanol–water partition coefficient (Wildman–Crippen LogP) is 3.21. The third-order valence-electron chi connectivity index (χ3n) is 4.67. The summed E-state index contributed by atoms with van der Waals surface area (Å²) in [7, 11) is 0. The number of nitrogens with one attached hydrogen (secondary N) is 1. The van der Waals surface area contributed by atoms with Crippen molar-refractivity contribution in [2.24, 2.45) is 5.92 Å². The van der Waals surface area contributed by atoms with Gasteiger partial charge in [-0.2, -0.15) is 0 Å². The van der Waals surface area contributed by atoms with Crippen LogP contribution >= 0.6 is 11.6 Å². The minimum atomic E-state index is -0.0586. The van der Waals surface area contributed by atoms with Crippen LogP contribution in [0.25, 0.3) is 0 Å². The van der Waals surface area contributed by atoms with Gasteiger partial charge in [0.2, 0.25) is 0 Å². The molecular formula is C18H27ClN2O2. The molecule has 0 aromatic heterocycles. The molecule has 1 amide bonds. The smallest absolute Gasteiger partial charge is 0.251 e. The van der Waals surface area contributed by atoms with Gasteiger partial charge >= 0.3 is 0 Å². The summed E-state index contributed by atoms with van der Waals surface area (Å²) in [5, 5.41) is 3.68. The lowest BCUT2D eigenvalue weighted by molar-refractivity contribution is 0.00191. The van der Waals surface area contributed by atoms with Crippen molar-refractivity contribution in [3.63, 3.8) is 0 Å². The predicted molar refractivity (Wildman–Crippen MR) is 94.0 cm³/mol. The average Bonchev–Trinajstić information content (AvgIpc) is 2.59. The van der Waals surface area contributed by atoms with Crippen LogP contribution in [0, 0.1) is 5.92 Å². The van der Waals surface area contributed by atoms with Crippen LogP contribution < -0.4 is 5.32 Å². The van der Waals surface area contributed by atoms with E-state index < -0.39 is 0 Å². The lowest BCUT2D eigenvalue weighted by Gasteiger charge is -2.38. The monoisotopic (exact) mass is 338 g/mol. The zero-order valence-corrected chi connectivity index (χ0v) is 14.8. The van der Waals surface area contributed by atoms with Crippen LogP contribution in [0.2, 0.25) is 5.02 Å². The fourth-order valence-corrected chi connectivity index (χ4v) is 3.46. The lowest BCUT2D eigenvalue weighted by Crippen LogP contribution is -2.52. The first kappa shape index (κ1) is 18.2. The van der Waals surface area contributed by atoms with E-state index >= 15 is 0 Å². The maximum absolute atomic E-state index is 12.4. The molecule has 0 radical (unpaired) electrons. The fourth-order valence-electron chi connectivity index (χ4n) is 3.26. The van der Waals surface area contributed by atoms with Crippen LogP contribution in [0.4, 0.5) is 0 Å². The molecule has 5 heteroatoms. The van der Waals surface area contributed by atoms with Crippen LogP contribution in [0.5, 0.6) is 0 Å². The van der Waals surface area contributed by atoms with Gasteiger partial charge in [0.25, 0.3) is 5.91 Å². The molecule has 0 aliphatic carbocycles. The standard InChI is InChI=1S/C18H27ClN2O2/c1-3-14(4-2)17(21-8-10-23-11-9-21)13-20-18(22)15-6-5-7-16(19)12-15/h5-7,12,14,17H,3-4,8-11,13H2,1-2H3,(H,20,22). The van der Waals surface area contributed by atoms with E-state index in [0.29, 0.717) is 29.1 Å². The Morgan fingerprint density at radius 3 is 2.61 bits per heavy atom. The highest BCUT2D eigenvalue weighted by Crippen LogP contribution is 2.20. The zero-order valence-electron chi connectivity index (χ0n) is 14.1. The van der Waals surface area contributed by atoms with E-state index in [1.165, 1.54) is 0 Å². The van der Waals surface area contributed by atoms with Crippen molar-refractivity contribution < 1.29 is 9.53 Å². The van der Waals surface area contributed by atoms with E-state index in [1.54, 1.807) is 24.3 Å². The van der Waals surface area contributed by atoms with E-state index in [9.17, 15) is 4.79 Å². The van der Waals surface area contributed by atoms with Gasteiger partial charge in [-0.15, -0.1) is 0 Å². The van der Waals surface area contributed by atoms with Crippen LogP contribution in [0.1, 0.15) is 37.0 Å². The van der Waals surface area contributed by atoms with Crippen molar-refractivity contribution in [1.82, 2.24) is 10.2 Å². The molecule has 1 atom stereocenters. The molecule has 1 aliphatic heterocycles. The Hall–Kier alpha value is -1.10. The summed E-state index contributed by atoms with van der Waals surface area (Å²) in [6, 6.07) is 7.44. The number of benzene rings is 1. The number of morpholine rings is 1. The van der Waals surface area contributed by atoms with Crippen molar-refractivity contribution in [3.8, 4) is 0 Å². The van der Waals surface area contributed by atoms with E-state index in [-0.39, 0.29) is 5.91 Å². The van der Waals surface area contributed by atoms with Crippen LogP contribution in [-0.2, 0) is 4.74 Å². The Bertz CT molecular complexity index is 500. The normalized spacial score (nSPS) is 17.2. The average molecular weight is 339 g/mol. The first-order valence-electron chi connectivity index (χ1n) is 8.51. The molecule has 1 unspecified atom stereocenters. The molecule has 1 fully saturated rings. The molecule has 23 heavy (non-hydrogen) atoms. The molecule has 1 heterocycles. The van der Waals surface area contributed by atoms with Gasteiger partial charge in [-0.1, -0.05) is 44.4 Å². The number of halogens is 1. The lowest BCUT2D eigenvalue weighted by atomic mass is 9.92.